The van der Waals surface area contributed by atoms with E-state index in [0.717, 1.165) is 43.6 Å². The van der Waals surface area contributed by atoms with Gasteiger partial charge in [-0.05, 0) is 50.2 Å². The van der Waals surface area contributed by atoms with Gasteiger partial charge >= 0.3 is 0 Å². The standard InChI is InChI=1S/C22H30N4OS/c1-16(2)8-9-22(21(27)24-12-17-5-3-4-10-23-17)11-19-6-7-20(22)26(19)13-18-14-28-15-25-18/h3-5,10,14-16,19-20H,6-9,11-13H2,1-2H3,(H,24,27)/t19-,20+,22+/m1/s1. The first kappa shape index (κ1) is 19.5. The molecule has 2 aromatic heterocycles. The second-order valence-electron chi connectivity index (χ2n) is 8.70. The number of amides is 1. The van der Waals surface area contributed by atoms with Crippen molar-refractivity contribution in [2.24, 2.45) is 11.3 Å². The van der Waals surface area contributed by atoms with Crippen molar-refractivity contribution in [3.8, 4) is 0 Å². The van der Waals surface area contributed by atoms with E-state index >= 15 is 0 Å². The molecule has 0 saturated carbocycles. The minimum Gasteiger partial charge on any atom is -0.350 e. The van der Waals surface area contributed by atoms with Crippen LogP contribution in [0, 0.1) is 11.3 Å². The van der Waals surface area contributed by atoms with Crippen LogP contribution in [0.15, 0.2) is 35.3 Å². The Hall–Kier alpha value is -1.79. The monoisotopic (exact) mass is 398 g/mol. The van der Waals surface area contributed by atoms with Crippen molar-refractivity contribution in [2.45, 2.75) is 71.1 Å². The summed E-state index contributed by atoms with van der Waals surface area (Å²) in [5.74, 6) is 0.820. The zero-order valence-corrected chi connectivity index (χ0v) is 17.6. The van der Waals surface area contributed by atoms with Crippen LogP contribution in [0.3, 0.4) is 0 Å². The summed E-state index contributed by atoms with van der Waals surface area (Å²) in [5, 5.41) is 5.36. The molecule has 2 saturated heterocycles. The largest absolute Gasteiger partial charge is 0.350 e. The number of aromatic nitrogens is 2. The molecule has 28 heavy (non-hydrogen) atoms. The molecular formula is C22H30N4OS. The summed E-state index contributed by atoms with van der Waals surface area (Å²) in [6.07, 6.45) is 7.12. The van der Waals surface area contributed by atoms with E-state index < -0.39 is 0 Å². The van der Waals surface area contributed by atoms with Crippen molar-refractivity contribution in [3.63, 3.8) is 0 Å². The van der Waals surface area contributed by atoms with Crippen LogP contribution in [0.25, 0.3) is 0 Å². The Balaban J connectivity index is 1.52. The maximum Gasteiger partial charge on any atom is 0.228 e. The molecule has 2 aromatic rings. The number of nitrogens with zero attached hydrogens (tertiary/aromatic N) is 3. The second kappa shape index (κ2) is 8.29. The molecule has 0 aromatic carbocycles. The number of thiazole rings is 1. The summed E-state index contributed by atoms with van der Waals surface area (Å²) in [4.78, 5) is 24.9. The summed E-state index contributed by atoms with van der Waals surface area (Å²) in [7, 11) is 0. The summed E-state index contributed by atoms with van der Waals surface area (Å²) >= 11 is 1.65. The van der Waals surface area contributed by atoms with Gasteiger partial charge in [0.2, 0.25) is 5.91 Å². The highest BCUT2D eigenvalue weighted by atomic mass is 32.1. The van der Waals surface area contributed by atoms with Crippen LogP contribution in [0.4, 0.5) is 0 Å². The Labute approximate surface area is 171 Å². The van der Waals surface area contributed by atoms with Gasteiger partial charge < -0.3 is 5.32 Å². The van der Waals surface area contributed by atoms with Gasteiger partial charge in [0.15, 0.2) is 0 Å². The predicted octanol–water partition coefficient (Wildman–Crippen LogP) is 4.01. The topological polar surface area (TPSA) is 58.1 Å². The lowest BCUT2D eigenvalue weighted by Crippen LogP contribution is -2.49. The first-order chi connectivity index (χ1) is 13.6. The van der Waals surface area contributed by atoms with E-state index in [9.17, 15) is 4.79 Å². The number of nitrogens with one attached hydrogen (secondary N) is 1. The van der Waals surface area contributed by atoms with Crippen molar-refractivity contribution in [1.29, 1.82) is 0 Å². The third-order valence-corrected chi connectivity index (χ3v) is 7.12. The third kappa shape index (κ3) is 3.85. The Bertz CT molecular complexity index is 779. The van der Waals surface area contributed by atoms with E-state index in [2.05, 4.69) is 39.4 Å². The molecule has 0 spiro atoms. The van der Waals surface area contributed by atoms with E-state index in [1.807, 2.05) is 23.7 Å². The van der Waals surface area contributed by atoms with Crippen LogP contribution in [0.2, 0.25) is 0 Å². The lowest BCUT2D eigenvalue weighted by molar-refractivity contribution is -0.134. The van der Waals surface area contributed by atoms with E-state index in [4.69, 9.17) is 0 Å². The molecule has 2 bridgehead atoms. The number of hydrogen-bond donors (Lipinski definition) is 1. The maximum atomic E-state index is 13.5. The molecule has 1 N–H and O–H groups in total. The zero-order chi connectivity index (χ0) is 19.6. The van der Waals surface area contributed by atoms with E-state index in [1.54, 1.807) is 17.5 Å². The van der Waals surface area contributed by atoms with Crippen molar-refractivity contribution in [1.82, 2.24) is 20.2 Å². The number of carbonyl (C=O) groups excluding carboxylic acids is 1. The molecular weight excluding hydrogens is 368 g/mol. The Kier molecular flexibility index (Phi) is 5.78. The Morgan fingerprint density at radius 2 is 2.21 bits per heavy atom. The SMILES string of the molecule is CC(C)CC[C@]1(C(=O)NCc2ccccn2)C[C@H]2CC[C@@H]1N2Cc1cscn1. The average Bonchev–Trinajstić information content (AvgIpc) is 3.42. The molecule has 150 valence electrons. The molecule has 5 nitrogen and oxygen atoms in total. The Morgan fingerprint density at radius 1 is 1.32 bits per heavy atom. The van der Waals surface area contributed by atoms with Crippen molar-refractivity contribution >= 4 is 17.2 Å². The fourth-order valence-corrected chi connectivity index (χ4v) is 5.62. The second-order valence-corrected chi connectivity index (χ2v) is 9.41. The van der Waals surface area contributed by atoms with Crippen LogP contribution in [-0.4, -0.2) is 32.9 Å². The first-order valence-electron chi connectivity index (χ1n) is 10.4. The van der Waals surface area contributed by atoms with Crippen LogP contribution in [-0.2, 0) is 17.9 Å². The van der Waals surface area contributed by atoms with Gasteiger partial charge in [0.1, 0.15) is 0 Å². The van der Waals surface area contributed by atoms with E-state index in [1.165, 1.54) is 6.42 Å². The van der Waals surface area contributed by atoms with Crippen LogP contribution >= 0.6 is 11.3 Å². The minimum atomic E-state index is -0.280. The zero-order valence-electron chi connectivity index (χ0n) is 16.8. The molecule has 0 aliphatic carbocycles. The summed E-state index contributed by atoms with van der Waals surface area (Å²) < 4.78 is 0. The lowest BCUT2D eigenvalue weighted by atomic mass is 9.69. The van der Waals surface area contributed by atoms with Crippen molar-refractivity contribution in [3.05, 3.63) is 46.7 Å². The summed E-state index contributed by atoms with van der Waals surface area (Å²) in [6.45, 7) is 5.88. The number of carbonyl (C=O) groups is 1. The highest BCUT2D eigenvalue weighted by Crippen LogP contribution is 2.53. The molecule has 2 fully saturated rings. The number of hydrogen-bond acceptors (Lipinski definition) is 5. The van der Waals surface area contributed by atoms with E-state index in [0.29, 0.717) is 24.5 Å². The van der Waals surface area contributed by atoms with Crippen LogP contribution in [0.1, 0.15) is 57.3 Å². The molecule has 2 aliphatic rings. The minimum absolute atomic E-state index is 0.217. The molecule has 3 atom stereocenters. The van der Waals surface area contributed by atoms with Gasteiger partial charge in [0.05, 0.1) is 28.9 Å². The fraction of sp³-hybridized carbons (Fsp3) is 0.591. The van der Waals surface area contributed by atoms with Gasteiger partial charge in [-0.25, -0.2) is 4.98 Å². The predicted molar refractivity (Wildman–Crippen MR) is 112 cm³/mol. The first-order valence-corrected chi connectivity index (χ1v) is 11.3. The average molecular weight is 399 g/mol. The van der Waals surface area contributed by atoms with Gasteiger partial charge in [-0.3, -0.25) is 14.7 Å². The third-order valence-electron chi connectivity index (χ3n) is 6.48. The molecule has 0 radical (unpaired) electrons. The molecule has 6 heteroatoms. The highest BCUT2D eigenvalue weighted by molar-refractivity contribution is 7.07. The number of pyridine rings is 1. The van der Waals surface area contributed by atoms with Gasteiger partial charge in [-0.1, -0.05) is 19.9 Å². The van der Waals surface area contributed by atoms with Crippen LogP contribution < -0.4 is 5.32 Å². The summed E-state index contributed by atoms with van der Waals surface area (Å²) in [6, 6.07) is 6.66. The van der Waals surface area contributed by atoms with Gasteiger partial charge in [0, 0.05) is 30.2 Å². The smallest absolute Gasteiger partial charge is 0.228 e. The van der Waals surface area contributed by atoms with Gasteiger partial charge in [0.25, 0.3) is 0 Å². The van der Waals surface area contributed by atoms with Crippen LogP contribution in [0.5, 0.6) is 0 Å². The summed E-state index contributed by atoms with van der Waals surface area (Å²) in [5.41, 5.74) is 3.67. The van der Waals surface area contributed by atoms with Gasteiger partial charge in [-0.15, -0.1) is 11.3 Å². The molecule has 4 rings (SSSR count). The lowest BCUT2D eigenvalue weighted by Gasteiger charge is -2.37. The molecule has 1 amide bonds. The van der Waals surface area contributed by atoms with Crippen molar-refractivity contribution in [2.75, 3.05) is 0 Å². The van der Waals surface area contributed by atoms with E-state index in [-0.39, 0.29) is 11.3 Å². The maximum absolute atomic E-state index is 13.5. The van der Waals surface area contributed by atoms with Crippen molar-refractivity contribution < 1.29 is 4.79 Å². The van der Waals surface area contributed by atoms with Gasteiger partial charge in [-0.2, -0.15) is 0 Å². The normalized spacial score (nSPS) is 26.8. The molecule has 4 heterocycles. The Morgan fingerprint density at radius 3 is 2.93 bits per heavy atom. The number of rotatable bonds is 8. The quantitative estimate of drug-likeness (QED) is 0.730. The highest BCUT2D eigenvalue weighted by Gasteiger charge is 2.59. The number of fused-ring (bicyclic) bond motifs is 2. The molecule has 2 aliphatic heterocycles. The fourth-order valence-electron chi connectivity index (χ4n) is 5.07. The molecule has 0 unspecified atom stereocenters.